The highest BCUT2D eigenvalue weighted by atomic mass is 35.5. The number of piperazine rings is 1. The van der Waals surface area contributed by atoms with E-state index in [-0.39, 0.29) is 24.2 Å². The van der Waals surface area contributed by atoms with E-state index in [4.69, 9.17) is 0 Å². The average molecular weight is 344 g/mol. The lowest BCUT2D eigenvalue weighted by molar-refractivity contribution is -0.128. The van der Waals surface area contributed by atoms with E-state index < -0.39 is 0 Å². The Morgan fingerprint density at radius 1 is 1.18 bits per heavy atom. The first-order valence-corrected chi connectivity index (χ1v) is 8.23. The molecule has 1 saturated heterocycles. The van der Waals surface area contributed by atoms with Gasteiger partial charge in [-0.1, -0.05) is 17.7 Å². The van der Waals surface area contributed by atoms with Gasteiger partial charge in [-0.05, 0) is 19.1 Å². The molecule has 2 N–H and O–H groups in total. The minimum atomic E-state index is -0.0723. The van der Waals surface area contributed by atoms with Crippen LogP contribution in [-0.4, -0.2) is 54.4 Å². The zero-order valence-corrected chi connectivity index (χ0v) is 14.3. The molecule has 1 aromatic rings. The van der Waals surface area contributed by atoms with Gasteiger partial charge in [0, 0.05) is 31.9 Å². The third-order valence-corrected chi connectivity index (χ3v) is 4.18. The number of nitrogens with zero attached hydrogens (tertiary/aromatic N) is 1. The molecule has 0 spiro atoms. The van der Waals surface area contributed by atoms with Gasteiger partial charge in [-0.3, -0.25) is 9.59 Å². The quantitative estimate of drug-likeness (QED) is 0.851. The summed E-state index contributed by atoms with van der Waals surface area (Å²) in [7, 11) is 0. The van der Waals surface area contributed by atoms with Gasteiger partial charge in [-0.25, -0.2) is 0 Å². The number of amides is 2. The summed E-state index contributed by atoms with van der Waals surface area (Å²) in [5.41, 5.74) is 1.95. The molecule has 0 atom stereocenters. The van der Waals surface area contributed by atoms with Gasteiger partial charge in [0.2, 0.25) is 11.8 Å². The molecule has 1 fully saturated rings. The van der Waals surface area contributed by atoms with Crippen molar-refractivity contribution in [3.05, 3.63) is 29.8 Å². The van der Waals surface area contributed by atoms with Crippen LogP contribution < -0.4 is 10.6 Å². The van der Waals surface area contributed by atoms with Crippen molar-refractivity contribution in [3.63, 3.8) is 0 Å². The Hall–Kier alpha value is -1.24. The maximum absolute atomic E-state index is 11.9. The van der Waals surface area contributed by atoms with E-state index in [1.807, 2.05) is 36.1 Å². The first-order chi connectivity index (χ1) is 10.1. The molecule has 1 heterocycles. The van der Waals surface area contributed by atoms with Crippen LogP contribution in [0, 0.1) is 6.92 Å². The van der Waals surface area contributed by atoms with Crippen molar-refractivity contribution >= 4 is 41.7 Å². The van der Waals surface area contributed by atoms with Gasteiger partial charge < -0.3 is 15.5 Å². The normalized spacial score (nSPS) is 14.1. The number of anilines is 1. The van der Waals surface area contributed by atoms with Crippen molar-refractivity contribution in [1.29, 1.82) is 0 Å². The van der Waals surface area contributed by atoms with Crippen LogP contribution in [0.5, 0.6) is 0 Å². The number of hydrogen-bond acceptors (Lipinski definition) is 4. The molecule has 0 aromatic heterocycles. The Kier molecular flexibility index (Phi) is 8.30. The van der Waals surface area contributed by atoms with Crippen LogP contribution in [0.1, 0.15) is 5.56 Å². The average Bonchev–Trinajstić information content (AvgIpc) is 2.50. The van der Waals surface area contributed by atoms with E-state index in [2.05, 4.69) is 10.6 Å². The Morgan fingerprint density at radius 2 is 1.82 bits per heavy atom. The molecule has 122 valence electrons. The van der Waals surface area contributed by atoms with E-state index in [9.17, 15) is 9.59 Å². The highest BCUT2D eigenvalue weighted by molar-refractivity contribution is 8.00. The van der Waals surface area contributed by atoms with E-state index in [0.717, 1.165) is 37.4 Å². The number of thioether (sulfide) groups is 1. The van der Waals surface area contributed by atoms with Crippen LogP contribution in [0.2, 0.25) is 0 Å². The van der Waals surface area contributed by atoms with Crippen molar-refractivity contribution < 1.29 is 9.59 Å². The van der Waals surface area contributed by atoms with Gasteiger partial charge in [0.25, 0.3) is 0 Å². The van der Waals surface area contributed by atoms with Crippen LogP contribution in [-0.2, 0) is 9.59 Å². The van der Waals surface area contributed by atoms with Gasteiger partial charge in [0.05, 0.1) is 11.5 Å². The third kappa shape index (κ3) is 6.25. The fraction of sp³-hybridized carbons (Fsp3) is 0.467. The fourth-order valence-electron chi connectivity index (χ4n) is 2.07. The van der Waals surface area contributed by atoms with Crippen LogP contribution in [0.15, 0.2) is 24.3 Å². The number of carbonyl (C=O) groups excluding carboxylic acids is 2. The molecule has 2 rings (SSSR count). The second-order valence-corrected chi connectivity index (χ2v) is 6.02. The number of rotatable bonds is 5. The first-order valence-electron chi connectivity index (χ1n) is 7.08. The van der Waals surface area contributed by atoms with Gasteiger partial charge in [0.1, 0.15) is 0 Å². The summed E-state index contributed by atoms with van der Waals surface area (Å²) >= 11 is 1.36. The molecule has 1 aromatic carbocycles. The summed E-state index contributed by atoms with van der Waals surface area (Å²) < 4.78 is 0. The predicted molar refractivity (Wildman–Crippen MR) is 93.8 cm³/mol. The van der Waals surface area contributed by atoms with Crippen LogP contribution in [0.25, 0.3) is 0 Å². The molecule has 1 aliphatic heterocycles. The summed E-state index contributed by atoms with van der Waals surface area (Å²) in [6, 6.07) is 7.67. The lowest BCUT2D eigenvalue weighted by atomic mass is 10.2. The lowest BCUT2D eigenvalue weighted by Gasteiger charge is -2.27. The maximum Gasteiger partial charge on any atom is 0.234 e. The Morgan fingerprint density at radius 3 is 2.45 bits per heavy atom. The molecular formula is C15H22ClN3O2S. The lowest BCUT2D eigenvalue weighted by Crippen LogP contribution is -2.47. The van der Waals surface area contributed by atoms with Crippen molar-refractivity contribution in [2.45, 2.75) is 6.92 Å². The van der Waals surface area contributed by atoms with Crippen LogP contribution in [0.4, 0.5) is 5.69 Å². The second-order valence-electron chi connectivity index (χ2n) is 5.04. The molecule has 0 saturated carbocycles. The van der Waals surface area contributed by atoms with Crippen molar-refractivity contribution in [2.75, 3.05) is 43.0 Å². The molecule has 7 heteroatoms. The third-order valence-electron chi connectivity index (χ3n) is 3.26. The van der Waals surface area contributed by atoms with E-state index in [1.165, 1.54) is 11.8 Å². The minimum absolute atomic E-state index is 0. The summed E-state index contributed by atoms with van der Waals surface area (Å²) in [5.74, 6) is 0.703. The molecule has 0 unspecified atom stereocenters. The SMILES string of the molecule is Cc1ccc(NC(=O)CSCC(=O)N2CCNCC2)cc1.Cl. The molecule has 22 heavy (non-hydrogen) atoms. The van der Waals surface area contributed by atoms with Gasteiger partial charge in [0.15, 0.2) is 0 Å². The number of carbonyl (C=O) groups is 2. The number of aryl methyl sites for hydroxylation is 1. The zero-order valence-electron chi connectivity index (χ0n) is 12.6. The number of halogens is 1. The smallest absolute Gasteiger partial charge is 0.234 e. The van der Waals surface area contributed by atoms with Gasteiger partial charge >= 0.3 is 0 Å². The molecule has 5 nitrogen and oxygen atoms in total. The summed E-state index contributed by atoms with van der Waals surface area (Å²) in [6.45, 7) is 5.22. The zero-order chi connectivity index (χ0) is 15.1. The van der Waals surface area contributed by atoms with Crippen LogP contribution in [0.3, 0.4) is 0 Å². The highest BCUT2D eigenvalue weighted by Gasteiger charge is 2.16. The second kappa shape index (κ2) is 9.71. The van der Waals surface area contributed by atoms with Crippen molar-refractivity contribution in [3.8, 4) is 0 Å². The standard InChI is InChI=1S/C15H21N3O2S.ClH/c1-12-2-4-13(5-3-12)17-14(19)10-21-11-15(20)18-8-6-16-7-9-18;/h2-5,16H,6-11H2,1H3,(H,17,19);1H. The molecule has 0 bridgehead atoms. The summed E-state index contributed by atoms with van der Waals surface area (Å²) in [6.07, 6.45) is 0. The molecule has 2 amide bonds. The number of nitrogens with one attached hydrogen (secondary N) is 2. The Labute approximate surface area is 141 Å². The highest BCUT2D eigenvalue weighted by Crippen LogP contribution is 2.10. The largest absolute Gasteiger partial charge is 0.339 e. The fourth-order valence-corrected chi connectivity index (χ4v) is 2.79. The van der Waals surface area contributed by atoms with E-state index in [0.29, 0.717) is 11.5 Å². The molecule has 1 aliphatic rings. The monoisotopic (exact) mass is 343 g/mol. The minimum Gasteiger partial charge on any atom is -0.339 e. The van der Waals surface area contributed by atoms with Crippen molar-refractivity contribution in [2.24, 2.45) is 0 Å². The van der Waals surface area contributed by atoms with E-state index in [1.54, 1.807) is 0 Å². The molecule has 0 aliphatic carbocycles. The van der Waals surface area contributed by atoms with Gasteiger partial charge in [-0.15, -0.1) is 24.2 Å². The number of benzene rings is 1. The summed E-state index contributed by atoms with van der Waals surface area (Å²) in [4.78, 5) is 25.6. The molecular weight excluding hydrogens is 322 g/mol. The van der Waals surface area contributed by atoms with Gasteiger partial charge in [-0.2, -0.15) is 0 Å². The van der Waals surface area contributed by atoms with Crippen LogP contribution >= 0.6 is 24.2 Å². The Bertz CT molecular complexity index is 490. The molecule has 0 radical (unpaired) electrons. The first kappa shape index (κ1) is 18.8. The topological polar surface area (TPSA) is 61.4 Å². The van der Waals surface area contributed by atoms with E-state index >= 15 is 0 Å². The Balaban J connectivity index is 0.00000242. The number of hydrogen-bond donors (Lipinski definition) is 2. The van der Waals surface area contributed by atoms with Crippen molar-refractivity contribution in [1.82, 2.24) is 10.2 Å². The summed E-state index contributed by atoms with van der Waals surface area (Å²) in [5, 5.41) is 6.04. The maximum atomic E-state index is 11.9. The predicted octanol–water partition coefficient (Wildman–Crippen LogP) is 1.52.